The maximum Gasteiger partial charge on any atom is 0.353 e. The van der Waals surface area contributed by atoms with Crippen LogP contribution in [0, 0.1) is 0 Å². The molecule has 0 N–H and O–H groups in total. The molecule has 0 radical (unpaired) electrons. The number of benzene rings is 1. The number of carbonyl (C=O) groups is 3. The van der Waals surface area contributed by atoms with Gasteiger partial charge < -0.3 is 4.74 Å². The molecule has 3 heterocycles. The number of amides is 1. The minimum Gasteiger partial charge on any atom is -0.422 e. The summed E-state index contributed by atoms with van der Waals surface area (Å²) in [4.78, 5) is 39.1. The quantitative estimate of drug-likeness (QED) is 0.469. The zero-order valence-corrected chi connectivity index (χ0v) is 14.8. The maximum absolute atomic E-state index is 12.5. The smallest absolute Gasteiger partial charge is 0.353 e. The van der Waals surface area contributed by atoms with Gasteiger partial charge in [0.25, 0.3) is 11.7 Å². The maximum atomic E-state index is 12.5. The standard InChI is InChI=1S/C19H15NO4S/c1-10-9-19(2,3)20-15-12(10)7-11(8-13(15)16(21)17(20)22)24-18(23)14-5-4-6-25-14/h4-9H,1-3H3. The molecule has 0 aliphatic carbocycles. The summed E-state index contributed by atoms with van der Waals surface area (Å²) in [6.07, 6.45) is 1.94. The van der Waals surface area contributed by atoms with Crippen molar-refractivity contribution in [1.29, 1.82) is 0 Å². The highest BCUT2D eigenvalue weighted by Crippen LogP contribution is 2.46. The lowest BCUT2D eigenvalue weighted by Crippen LogP contribution is -2.47. The molecule has 25 heavy (non-hydrogen) atoms. The van der Waals surface area contributed by atoms with Gasteiger partial charge in [0.05, 0.1) is 16.8 Å². The molecule has 0 unspecified atom stereocenters. The Morgan fingerprint density at radius 1 is 1.20 bits per heavy atom. The normalized spacial score (nSPS) is 17.4. The minimum absolute atomic E-state index is 0.266. The highest BCUT2D eigenvalue weighted by atomic mass is 32.1. The first kappa shape index (κ1) is 15.8. The van der Waals surface area contributed by atoms with Crippen LogP contribution in [0.4, 0.5) is 5.69 Å². The van der Waals surface area contributed by atoms with E-state index in [9.17, 15) is 14.4 Å². The molecule has 1 aromatic heterocycles. The predicted octanol–water partition coefficient (Wildman–Crippen LogP) is 3.69. The monoisotopic (exact) mass is 353 g/mol. The molecule has 1 aromatic carbocycles. The number of anilines is 1. The summed E-state index contributed by atoms with van der Waals surface area (Å²) in [6, 6.07) is 6.64. The summed E-state index contributed by atoms with van der Waals surface area (Å²) in [5, 5.41) is 1.79. The number of carbonyl (C=O) groups excluding carboxylic acids is 3. The average molecular weight is 353 g/mol. The highest BCUT2D eigenvalue weighted by Gasteiger charge is 2.47. The molecule has 4 rings (SSSR count). The summed E-state index contributed by atoms with van der Waals surface area (Å²) < 4.78 is 5.43. The molecule has 0 spiro atoms. The largest absolute Gasteiger partial charge is 0.422 e. The summed E-state index contributed by atoms with van der Waals surface area (Å²) in [5.41, 5.74) is 2.00. The minimum atomic E-state index is -0.579. The van der Waals surface area contributed by atoms with Crippen LogP contribution in [0.3, 0.4) is 0 Å². The second kappa shape index (κ2) is 5.13. The Labute approximate surface area is 148 Å². The lowest BCUT2D eigenvalue weighted by Gasteiger charge is -2.38. The molecule has 0 bridgehead atoms. The van der Waals surface area contributed by atoms with Gasteiger partial charge in [0.15, 0.2) is 0 Å². The van der Waals surface area contributed by atoms with Gasteiger partial charge in [-0.2, -0.15) is 0 Å². The fraction of sp³-hybridized carbons (Fsp3) is 0.211. The van der Waals surface area contributed by atoms with Crippen molar-refractivity contribution in [3.63, 3.8) is 0 Å². The fourth-order valence-corrected chi connectivity index (χ4v) is 4.07. The first-order chi connectivity index (χ1) is 11.8. The summed E-state index contributed by atoms with van der Waals surface area (Å²) in [7, 11) is 0. The van der Waals surface area contributed by atoms with Gasteiger partial charge in [0.2, 0.25) is 0 Å². The summed E-state index contributed by atoms with van der Waals surface area (Å²) in [6.45, 7) is 5.71. The lowest BCUT2D eigenvalue weighted by atomic mass is 9.89. The van der Waals surface area contributed by atoms with Crippen LogP contribution in [-0.2, 0) is 4.79 Å². The molecule has 2 aromatic rings. The zero-order valence-electron chi connectivity index (χ0n) is 14.0. The zero-order chi connectivity index (χ0) is 17.9. The van der Waals surface area contributed by atoms with E-state index in [0.29, 0.717) is 10.6 Å². The van der Waals surface area contributed by atoms with Crippen molar-refractivity contribution in [3.8, 4) is 5.75 Å². The van der Waals surface area contributed by atoms with Crippen molar-refractivity contribution in [3.05, 3.63) is 51.7 Å². The van der Waals surface area contributed by atoms with Gasteiger partial charge in [0, 0.05) is 5.56 Å². The molecular weight excluding hydrogens is 338 g/mol. The van der Waals surface area contributed by atoms with Crippen molar-refractivity contribution in [1.82, 2.24) is 0 Å². The number of ketones is 1. The van der Waals surface area contributed by atoms with Crippen LogP contribution < -0.4 is 9.64 Å². The van der Waals surface area contributed by atoms with Gasteiger partial charge in [-0.15, -0.1) is 11.3 Å². The molecule has 0 saturated heterocycles. The Balaban J connectivity index is 1.83. The predicted molar refractivity (Wildman–Crippen MR) is 95.3 cm³/mol. The number of thiophene rings is 1. The van der Waals surface area contributed by atoms with Crippen LogP contribution >= 0.6 is 11.3 Å². The Bertz CT molecular complexity index is 970. The van der Waals surface area contributed by atoms with E-state index in [4.69, 9.17) is 4.74 Å². The SMILES string of the molecule is CC1=CC(C)(C)N2C(=O)C(=O)c3cc(OC(=O)c4cccs4)cc1c32. The van der Waals surface area contributed by atoms with Crippen molar-refractivity contribution < 1.29 is 19.1 Å². The molecule has 5 nitrogen and oxygen atoms in total. The van der Waals surface area contributed by atoms with Crippen LogP contribution in [0.2, 0.25) is 0 Å². The van der Waals surface area contributed by atoms with E-state index in [2.05, 4.69) is 0 Å². The Morgan fingerprint density at radius 3 is 2.60 bits per heavy atom. The molecule has 0 saturated carbocycles. The molecule has 6 heteroatoms. The number of rotatable bonds is 2. The second-order valence-corrected chi connectivity index (χ2v) is 7.63. The van der Waals surface area contributed by atoms with E-state index in [1.807, 2.05) is 26.8 Å². The number of hydrogen-bond acceptors (Lipinski definition) is 5. The van der Waals surface area contributed by atoms with Crippen LogP contribution in [0.1, 0.15) is 46.4 Å². The third-order valence-electron chi connectivity index (χ3n) is 4.45. The van der Waals surface area contributed by atoms with Gasteiger partial charge in [-0.3, -0.25) is 14.5 Å². The van der Waals surface area contributed by atoms with E-state index >= 15 is 0 Å². The van der Waals surface area contributed by atoms with Gasteiger partial charge in [-0.25, -0.2) is 4.79 Å². The Morgan fingerprint density at radius 2 is 1.92 bits per heavy atom. The molecule has 2 aliphatic rings. The molecule has 126 valence electrons. The van der Waals surface area contributed by atoms with Crippen molar-refractivity contribution in [2.45, 2.75) is 26.3 Å². The van der Waals surface area contributed by atoms with Gasteiger partial charge in [0.1, 0.15) is 10.6 Å². The summed E-state index contributed by atoms with van der Waals surface area (Å²) in [5.74, 6) is -1.33. The van der Waals surface area contributed by atoms with Crippen molar-refractivity contribution >= 4 is 40.3 Å². The van der Waals surface area contributed by atoms with Crippen LogP contribution in [0.25, 0.3) is 5.57 Å². The Hall–Kier alpha value is -2.73. The number of hydrogen-bond donors (Lipinski definition) is 0. The van der Waals surface area contributed by atoms with E-state index in [1.165, 1.54) is 22.3 Å². The van der Waals surface area contributed by atoms with E-state index in [-0.39, 0.29) is 11.3 Å². The topological polar surface area (TPSA) is 63.7 Å². The van der Waals surface area contributed by atoms with Crippen molar-refractivity contribution in [2.75, 3.05) is 4.90 Å². The van der Waals surface area contributed by atoms with E-state index in [0.717, 1.165) is 11.1 Å². The highest BCUT2D eigenvalue weighted by molar-refractivity contribution is 7.12. The number of ether oxygens (including phenoxy) is 1. The number of esters is 1. The van der Waals surface area contributed by atoms with Crippen LogP contribution in [-0.4, -0.2) is 23.2 Å². The van der Waals surface area contributed by atoms with Gasteiger partial charge >= 0.3 is 5.97 Å². The summed E-state index contributed by atoms with van der Waals surface area (Å²) >= 11 is 1.28. The molecule has 0 atom stereocenters. The lowest BCUT2D eigenvalue weighted by molar-refractivity contribution is -0.115. The molecular formula is C19H15NO4S. The number of Topliss-reactive ketones (excluding diaryl/α,β-unsaturated/α-hetero) is 1. The molecule has 1 amide bonds. The van der Waals surface area contributed by atoms with Crippen molar-refractivity contribution in [2.24, 2.45) is 0 Å². The second-order valence-electron chi connectivity index (χ2n) is 6.68. The Kier molecular flexibility index (Phi) is 3.24. The van der Waals surface area contributed by atoms with E-state index in [1.54, 1.807) is 23.6 Å². The molecule has 2 aliphatic heterocycles. The average Bonchev–Trinajstić information content (AvgIpc) is 3.15. The molecule has 0 fully saturated rings. The van der Waals surface area contributed by atoms with Gasteiger partial charge in [-0.05, 0) is 49.9 Å². The third kappa shape index (κ3) is 2.25. The van der Waals surface area contributed by atoms with Crippen LogP contribution in [0.15, 0.2) is 35.7 Å². The third-order valence-corrected chi connectivity index (χ3v) is 5.30. The van der Waals surface area contributed by atoms with E-state index < -0.39 is 23.2 Å². The number of allylic oxidation sites excluding steroid dienone is 1. The van der Waals surface area contributed by atoms with Gasteiger partial charge in [-0.1, -0.05) is 12.1 Å². The first-order valence-corrected chi connectivity index (χ1v) is 8.70. The first-order valence-electron chi connectivity index (χ1n) is 7.82. The number of nitrogens with zero attached hydrogens (tertiary/aromatic N) is 1. The van der Waals surface area contributed by atoms with Crippen LogP contribution in [0.5, 0.6) is 5.75 Å². The fourth-order valence-electron chi connectivity index (χ4n) is 3.47.